The third-order valence-electron chi connectivity index (χ3n) is 9.24. The summed E-state index contributed by atoms with van der Waals surface area (Å²) in [6.07, 6.45) is -2.81. The molecule has 2 N–H and O–H groups in total. The number of ketones is 2. The number of Topliss-reactive ketones (excluding diaryl/α,β-unsaturated/α-hetero) is 2. The van der Waals surface area contributed by atoms with Gasteiger partial charge in [-0.15, -0.1) is 0 Å². The van der Waals surface area contributed by atoms with Crippen LogP contribution < -0.4 is 5.32 Å². The van der Waals surface area contributed by atoms with Crippen LogP contribution in [0, 0.1) is 34.0 Å². The lowest BCUT2D eigenvalue weighted by molar-refractivity contribution is -0.205. The zero-order chi connectivity index (χ0) is 25.7. The predicted octanol–water partition coefficient (Wildman–Crippen LogP) is 0.452. The molecule has 0 bridgehead atoms. The molecule has 10 nitrogen and oxygen atoms in total. The van der Waals surface area contributed by atoms with Gasteiger partial charge in [0.2, 0.25) is 5.91 Å². The number of amides is 1. The summed E-state index contributed by atoms with van der Waals surface area (Å²) in [5.74, 6) is -5.20. The molecular weight excluding hydrogens is 458 g/mol. The van der Waals surface area contributed by atoms with Crippen molar-refractivity contribution in [1.29, 1.82) is 0 Å². The predicted molar refractivity (Wildman–Crippen MR) is 117 cm³/mol. The molecule has 35 heavy (non-hydrogen) atoms. The summed E-state index contributed by atoms with van der Waals surface area (Å²) < 4.78 is 17.0. The second-order valence-electron chi connectivity index (χ2n) is 11.2. The van der Waals surface area contributed by atoms with Gasteiger partial charge in [-0.3, -0.25) is 24.0 Å². The van der Waals surface area contributed by atoms with Crippen molar-refractivity contribution < 1.29 is 43.3 Å². The van der Waals surface area contributed by atoms with Crippen molar-refractivity contribution in [3.05, 3.63) is 11.1 Å². The number of aliphatic hydroxyl groups excluding tert-OH is 1. The molecular formula is C25H31NO9. The average Bonchev–Trinajstić information content (AvgIpc) is 3.30. The van der Waals surface area contributed by atoms with E-state index in [1.54, 1.807) is 27.7 Å². The Hall–Kier alpha value is -2.59. The number of cyclic esters (lactones) is 1. The van der Waals surface area contributed by atoms with Crippen LogP contribution in [0.4, 0.5) is 0 Å². The standard InChI is InChI=1S/C25H31NO9/c1-10(2)20(30)34-12-8-23(3)11(6-7-13(23)27)15-16(12)24(4)14(9-33-5)35-21(31)17-19(29)26-22(32)25(17,24)18(15)28/h10-12,14,17,19,29H,6-9H2,1-5H3,(H,26,32). The summed E-state index contributed by atoms with van der Waals surface area (Å²) in [5, 5.41) is 13.1. The molecule has 8 atom stereocenters. The number of methoxy groups -OCH3 is 1. The molecule has 8 unspecified atom stereocenters. The highest BCUT2D eigenvalue weighted by Crippen LogP contribution is 2.70. The van der Waals surface area contributed by atoms with Crippen LogP contribution in [0.3, 0.4) is 0 Å². The first-order valence-electron chi connectivity index (χ1n) is 12.1. The van der Waals surface area contributed by atoms with E-state index < -0.39 is 76.1 Å². The summed E-state index contributed by atoms with van der Waals surface area (Å²) in [5.41, 5.74) is -3.72. The molecule has 2 saturated heterocycles. The van der Waals surface area contributed by atoms with Crippen LogP contribution in [0.25, 0.3) is 0 Å². The van der Waals surface area contributed by atoms with Crippen molar-refractivity contribution in [2.45, 2.75) is 65.4 Å². The Morgan fingerprint density at radius 3 is 2.54 bits per heavy atom. The van der Waals surface area contributed by atoms with Crippen molar-refractivity contribution >= 4 is 29.4 Å². The van der Waals surface area contributed by atoms with Gasteiger partial charge in [0.25, 0.3) is 0 Å². The minimum absolute atomic E-state index is 0.0294. The van der Waals surface area contributed by atoms with Gasteiger partial charge in [0.15, 0.2) is 5.78 Å². The molecule has 3 aliphatic carbocycles. The molecule has 3 fully saturated rings. The van der Waals surface area contributed by atoms with Gasteiger partial charge in [-0.1, -0.05) is 27.7 Å². The highest BCUT2D eigenvalue weighted by Gasteiger charge is 2.82. The third-order valence-corrected chi connectivity index (χ3v) is 9.24. The van der Waals surface area contributed by atoms with Crippen LogP contribution >= 0.6 is 0 Å². The van der Waals surface area contributed by atoms with Crippen molar-refractivity contribution in [3.8, 4) is 0 Å². The molecule has 10 heteroatoms. The lowest BCUT2D eigenvalue weighted by Gasteiger charge is -2.52. The number of carbonyl (C=O) groups is 5. The fourth-order valence-corrected chi connectivity index (χ4v) is 7.50. The van der Waals surface area contributed by atoms with Gasteiger partial charge < -0.3 is 24.6 Å². The number of hydrogen-bond donors (Lipinski definition) is 2. The van der Waals surface area contributed by atoms with E-state index >= 15 is 0 Å². The van der Waals surface area contributed by atoms with Gasteiger partial charge in [0.05, 0.1) is 17.9 Å². The number of nitrogens with one attached hydrogen (secondary N) is 1. The van der Waals surface area contributed by atoms with Crippen molar-refractivity contribution in [3.63, 3.8) is 0 Å². The Kier molecular flexibility index (Phi) is 5.14. The number of rotatable bonds is 4. The Balaban J connectivity index is 1.80. The zero-order valence-corrected chi connectivity index (χ0v) is 20.5. The Morgan fingerprint density at radius 1 is 1.23 bits per heavy atom. The Bertz CT molecular complexity index is 1090. The number of ether oxygens (including phenoxy) is 3. The molecule has 190 valence electrons. The van der Waals surface area contributed by atoms with Crippen LogP contribution in [0.2, 0.25) is 0 Å². The summed E-state index contributed by atoms with van der Waals surface area (Å²) in [7, 11) is 1.41. The SMILES string of the molecule is COCC1OC(=O)C2C(O)NC(=O)C23C(=O)C2=C(C(OC(=O)C(C)C)CC4(C)C(=O)CCC24)C13C. The maximum atomic E-state index is 14.5. The fraction of sp³-hybridized carbons (Fsp3) is 0.720. The molecule has 2 heterocycles. The first-order valence-corrected chi connectivity index (χ1v) is 12.1. The minimum atomic E-state index is -1.99. The van der Waals surface area contributed by atoms with E-state index in [1.807, 2.05) is 0 Å². The van der Waals surface area contributed by atoms with E-state index in [9.17, 15) is 29.1 Å². The maximum absolute atomic E-state index is 14.5. The largest absolute Gasteiger partial charge is 0.459 e. The molecule has 2 aliphatic heterocycles. The summed E-state index contributed by atoms with van der Waals surface area (Å²) >= 11 is 0. The van der Waals surface area contributed by atoms with E-state index in [4.69, 9.17) is 14.2 Å². The smallest absolute Gasteiger partial charge is 0.315 e. The first-order chi connectivity index (χ1) is 16.4. The first kappa shape index (κ1) is 24.1. The normalized spacial score (nSPS) is 44.0. The van der Waals surface area contributed by atoms with Gasteiger partial charge in [-0.05, 0) is 12.0 Å². The Morgan fingerprint density at radius 2 is 1.91 bits per heavy atom. The van der Waals surface area contributed by atoms with Crippen molar-refractivity contribution in [2.75, 3.05) is 13.7 Å². The van der Waals surface area contributed by atoms with Crippen LogP contribution in [0.1, 0.15) is 47.0 Å². The second-order valence-corrected chi connectivity index (χ2v) is 11.2. The van der Waals surface area contributed by atoms with Crippen molar-refractivity contribution in [1.82, 2.24) is 5.32 Å². The highest BCUT2D eigenvalue weighted by molar-refractivity contribution is 6.22. The maximum Gasteiger partial charge on any atom is 0.315 e. The number of fused-ring (bicyclic) bond motifs is 3. The number of hydrogen-bond acceptors (Lipinski definition) is 9. The van der Waals surface area contributed by atoms with Crippen LogP contribution in [0.5, 0.6) is 0 Å². The van der Waals surface area contributed by atoms with Gasteiger partial charge in [0, 0.05) is 36.9 Å². The summed E-state index contributed by atoms with van der Waals surface area (Å²) in [4.78, 5) is 67.0. The number of allylic oxidation sites excluding steroid dienone is 1. The monoisotopic (exact) mass is 489 g/mol. The van der Waals surface area contributed by atoms with E-state index in [-0.39, 0.29) is 30.8 Å². The molecule has 0 radical (unpaired) electrons. The number of carbonyl (C=O) groups excluding carboxylic acids is 5. The number of aliphatic hydroxyl groups is 1. The van der Waals surface area contributed by atoms with E-state index in [2.05, 4.69) is 5.32 Å². The number of esters is 2. The van der Waals surface area contributed by atoms with E-state index in [1.165, 1.54) is 7.11 Å². The lowest BCUT2D eigenvalue weighted by Crippen LogP contribution is -2.65. The van der Waals surface area contributed by atoms with Gasteiger partial charge in [-0.2, -0.15) is 0 Å². The fourth-order valence-electron chi connectivity index (χ4n) is 7.50. The van der Waals surface area contributed by atoms with Gasteiger partial charge in [0.1, 0.15) is 35.6 Å². The highest BCUT2D eigenvalue weighted by atomic mass is 16.6. The molecule has 0 aromatic carbocycles. The van der Waals surface area contributed by atoms with Crippen molar-refractivity contribution in [2.24, 2.45) is 34.0 Å². The third kappa shape index (κ3) is 2.64. The molecule has 1 amide bonds. The second kappa shape index (κ2) is 7.46. The van der Waals surface area contributed by atoms with Crippen LogP contribution in [-0.4, -0.2) is 66.7 Å². The summed E-state index contributed by atoms with van der Waals surface area (Å²) in [6.45, 7) is 6.68. The molecule has 5 aliphatic rings. The summed E-state index contributed by atoms with van der Waals surface area (Å²) in [6, 6.07) is 0. The molecule has 0 aromatic heterocycles. The lowest BCUT2D eigenvalue weighted by atomic mass is 9.53. The minimum Gasteiger partial charge on any atom is -0.459 e. The Labute approximate surface area is 202 Å². The van der Waals surface area contributed by atoms with E-state index in [0.717, 1.165) is 0 Å². The van der Waals surface area contributed by atoms with Crippen LogP contribution in [0.15, 0.2) is 11.1 Å². The van der Waals surface area contributed by atoms with Crippen LogP contribution in [-0.2, 0) is 38.2 Å². The molecule has 0 aromatic rings. The average molecular weight is 490 g/mol. The molecule has 1 spiro atoms. The van der Waals surface area contributed by atoms with E-state index in [0.29, 0.717) is 12.0 Å². The molecule has 5 rings (SSSR count). The zero-order valence-electron chi connectivity index (χ0n) is 20.5. The van der Waals surface area contributed by atoms with Gasteiger partial charge in [-0.25, -0.2) is 0 Å². The van der Waals surface area contributed by atoms with Gasteiger partial charge >= 0.3 is 11.9 Å². The quantitative estimate of drug-likeness (QED) is 0.425. The molecule has 1 saturated carbocycles. The topological polar surface area (TPSA) is 145 Å².